The predicted molar refractivity (Wildman–Crippen MR) is 61.0 cm³/mol. The van der Waals surface area contributed by atoms with Crippen LogP contribution in [-0.2, 0) is 0 Å². The average Bonchev–Trinajstić information content (AvgIpc) is 2.55. The van der Waals surface area contributed by atoms with Crippen molar-refractivity contribution >= 4 is 11.4 Å². The Morgan fingerprint density at radius 2 is 2.06 bits per heavy atom. The summed E-state index contributed by atoms with van der Waals surface area (Å²) >= 11 is 0. The number of hydrogen-bond acceptors (Lipinski definition) is 5. The van der Waals surface area contributed by atoms with E-state index in [0.29, 0.717) is 17.2 Å². The highest BCUT2D eigenvalue weighted by molar-refractivity contribution is 6.44. The lowest BCUT2D eigenvalue weighted by molar-refractivity contribution is 0.111. The zero-order valence-electron chi connectivity index (χ0n) is 9.16. The van der Waals surface area contributed by atoms with Crippen LogP contribution in [0.15, 0.2) is 40.6 Å². The molecule has 5 nitrogen and oxygen atoms in total. The summed E-state index contributed by atoms with van der Waals surface area (Å²) in [6, 6.07) is 9.36. The summed E-state index contributed by atoms with van der Waals surface area (Å²) in [5, 5.41) is 17.9. The molecule has 0 radical (unpaired) electrons. The molecule has 1 N–H and O–H groups in total. The minimum Gasteiger partial charge on any atom is -0.463 e. The predicted octanol–water partition coefficient (Wildman–Crippen LogP) is 1.54. The van der Waals surface area contributed by atoms with Crippen LogP contribution in [0.2, 0.25) is 0 Å². The van der Waals surface area contributed by atoms with Gasteiger partial charge >= 0.3 is 0 Å². The van der Waals surface area contributed by atoms with Crippen molar-refractivity contribution in [2.24, 2.45) is 10.3 Å². The fourth-order valence-corrected chi connectivity index (χ4v) is 1.58. The van der Waals surface area contributed by atoms with Crippen molar-refractivity contribution in [1.29, 1.82) is 0 Å². The molecule has 1 aromatic rings. The van der Waals surface area contributed by atoms with Crippen LogP contribution in [0.25, 0.3) is 0 Å². The molecule has 1 aliphatic heterocycles. The second-order valence-electron chi connectivity index (χ2n) is 3.53. The van der Waals surface area contributed by atoms with Gasteiger partial charge in [0.25, 0.3) is 0 Å². The van der Waals surface area contributed by atoms with Gasteiger partial charge in [-0.2, -0.15) is 5.10 Å². The number of ether oxygens (including phenoxy) is 1. The first-order chi connectivity index (χ1) is 7.72. The Labute approximate surface area is 93.6 Å². The van der Waals surface area contributed by atoms with Crippen molar-refractivity contribution in [2.45, 2.75) is 13.2 Å². The standard InChI is InChI=1S/C11H13N3O2/c1-8-10(13-15)11(14(2)12-8)16-9-6-4-3-5-7-9/h3-7,11,15H,1-2H3/b13-10-. The fraction of sp³-hybridized carbons (Fsp3) is 0.273. The lowest BCUT2D eigenvalue weighted by Crippen LogP contribution is -2.36. The zero-order valence-corrected chi connectivity index (χ0v) is 9.16. The molecule has 2 rings (SSSR count). The van der Waals surface area contributed by atoms with Crippen molar-refractivity contribution < 1.29 is 9.94 Å². The average molecular weight is 219 g/mol. The van der Waals surface area contributed by atoms with Gasteiger partial charge in [0.1, 0.15) is 5.75 Å². The van der Waals surface area contributed by atoms with E-state index in [1.54, 1.807) is 19.0 Å². The van der Waals surface area contributed by atoms with E-state index in [-0.39, 0.29) is 0 Å². The summed E-state index contributed by atoms with van der Waals surface area (Å²) in [5.41, 5.74) is 1.09. The third-order valence-corrected chi connectivity index (χ3v) is 2.35. The summed E-state index contributed by atoms with van der Waals surface area (Å²) in [4.78, 5) is 0. The van der Waals surface area contributed by atoms with E-state index >= 15 is 0 Å². The molecule has 1 aromatic carbocycles. The van der Waals surface area contributed by atoms with Crippen molar-refractivity contribution in [3.05, 3.63) is 30.3 Å². The highest BCUT2D eigenvalue weighted by Gasteiger charge is 2.31. The zero-order chi connectivity index (χ0) is 11.5. The van der Waals surface area contributed by atoms with Gasteiger partial charge in [-0.3, -0.25) is 5.01 Å². The number of oxime groups is 1. The number of rotatable bonds is 2. The molecule has 5 heteroatoms. The van der Waals surface area contributed by atoms with Crippen molar-refractivity contribution in [2.75, 3.05) is 7.05 Å². The highest BCUT2D eigenvalue weighted by Crippen LogP contribution is 2.17. The van der Waals surface area contributed by atoms with Crippen LogP contribution in [0.4, 0.5) is 0 Å². The molecule has 0 saturated heterocycles. The van der Waals surface area contributed by atoms with Crippen molar-refractivity contribution in [1.82, 2.24) is 5.01 Å². The molecule has 0 saturated carbocycles. The van der Waals surface area contributed by atoms with Crippen LogP contribution >= 0.6 is 0 Å². The van der Waals surface area contributed by atoms with E-state index < -0.39 is 6.23 Å². The van der Waals surface area contributed by atoms with Crippen LogP contribution in [0.3, 0.4) is 0 Å². The van der Waals surface area contributed by atoms with Crippen molar-refractivity contribution in [3.63, 3.8) is 0 Å². The van der Waals surface area contributed by atoms with Crippen molar-refractivity contribution in [3.8, 4) is 5.75 Å². The molecule has 1 aliphatic rings. The monoisotopic (exact) mass is 219 g/mol. The quantitative estimate of drug-likeness (QED) is 0.606. The summed E-state index contributed by atoms with van der Waals surface area (Å²) in [7, 11) is 1.77. The second-order valence-corrected chi connectivity index (χ2v) is 3.53. The summed E-state index contributed by atoms with van der Waals surface area (Å²) in [6.45, 7) is 1.78. The first-order valence-corrected chi connectivity index (χ1v) is 4.94. The Balaban J connectivity index is 2.17. The molecule has 0 spiro atoms. The van der Waals surface area contributed by atoms with Crippen LogP contribution in [0.1, 0.15) is 6.92 Å². The molecular formula is C11H13N3O2. The molecular weight excluding hydrogens is 206 g/mol. The van der Waals surface area contributed by atoms with Gasteiger partial charge in [-0.05, 0) is 19.1 Å². The van der Waals surface area contributed by atoms with E-state index in [1.807, 2.05) is 30.3 Å². The largest absolute Gasteiger partial charge is 0.463 e. The molecule has 16 heavy (non-hydrogen) atoms. The maximum atomic E-state index is 8.90. The van der Waals surface area contributed by atoms with Crippen LogP contribution < -0.4 is 4.74 Å². The first kappa shape index (κ1) is 10.5. The summed E-state index contributed by atoms with van der Waals surface area (Å²) in [6.07, 6.45) is -0.465. The lowest BCUT2D eigenvalue weighted by atomic mass is 10.2. The normalized spacial score (nSPS) is 22.4. The molecule has 0 aromatic heterocycles. The number of benzene rings is 1. The summed E-state index contributed by atoms with van der Waals surface area (Å²) < 4.78 is 5.68. The Morgan fingerprint density at radius 3 is 2.69 bits per heavy atom. The molecule has 1 unspecified atom stereocenters. The highest BCUT2D eigenvalue weighted by atomic mass is 16.5. The van der Waals surface area contributed by atoms with Gasteiger partial charge in [0.05, 0.1) is 5.71 Å². The minimum atomic E-state index is -0.465. The maximum absolute atomic E-state index is 8.90. The molecule has 1 atom stereocenters. The van der Waals surface area contributed by atoms with E-state index in [1.165, 1.54) is 0 Å². The molecule has 0 bridgehead atoms. The Morgan fingerprint density at radius 1 is 1.38 bits per heavy atom. The Bertz CT molecular complexity index is 428. The number of hydrogen-bond donors (Lipinski definition) is 1. The van der Waals surface area contributed by atoms with Gasteiger partial charge in [-0.25, -0.2) is 0 Å². The van der Waals surface area contributed by atoms with Gasteiger partial charge in [0, 0.05) is 7.05 Å². The van der Waals surface area contributed by atoms with Gasteiger partial charge in [0.2, 0.25) is 6.23 Å². The topological polar surface area (TPSA) is 57.4 Å². The maximum Gasteiger partial charge on any atom is 0.235 e. The van der Waals surface area contributed by atoms with Gasteiger partial charge in [0.15, 0.2) is 5.71 Å². The Hall–Kier alpha value is -2.04. The fourth-order valence-electron chi connectivity index (χ4n) is 1.58. The summed E-state index contributed by atoms with van der Waals surface area (Å²) in [5.74, 6) is 0.713. The molecule has 0 amide bonds. The smallest absolute Gasteiger partial charge is 0.235 e. The van der Waals surface area contributed by atoms with E-state index in [0.717, 1.165) is 0 Å². The minimum absolute atomic E-state index is 0.436. The van der Waals surface area contributed by atoms with E-state index in [9.17, 15) is 0 Å². The number of nitrogens with zero attached hydrogens (tertiary/aromatic N) is 3. The van der Waals surface area contributed by atoms with Gasteiger partial charge in [-0.15, -0.1) is 0 Å². The molecule has 0 fully saturated rings. The van der Waals surface area contributed by atoms with Crippen LogP contribution in [-0.4, -0.2) is 34.9 Å². The third-order valence-electron chi connectivity index (χ3n) is 2.35. The number of para-hydroxylation sites is 1. The van der Waals surface area contributed by atoms with Gasteiger partial charge in [-0.1, -0.05) is 23.4 Å². The van der Waals surface area contributed by atoms with Gasteiger partial charge < -0.3 is 9.94 Å². The SMILES string of the molecule is CC1=NN(C)C(Oc2ccccc2)/C1=N\O. The molecule has 1 heterocycles. The Kier molecular flexibility index (Phi) is 2.76. The lowest BCUT2D eigenvalue weighted by Gasteiger charge is -2.20. The van der Waals surface area contributed by atoms with E-state index in [4.69, 9.17) is 9.94 Å². The van der Waals surface area contributed by atoms with Crippen LogP contribution in [0.5, 0.6) is 5.75 Å². The third kappa shape index (κ3) is 1.84. The second kappa shape index (κ2) is 4.22. The molecule has 84 valence electrons. The first-order valence-electron chi connectivity index (χ1n) is 4.94. The molecule has 0 aliphatic carbocycles. The van der Waals surface area contributed by atoms with Crippen LogP contribution in [0, 0.1) is 0 Å². The number of hydrazone groups is 1. The van der Waals surface area contributed by atoms with E-state index in [2.05, 4.69) is 10.3 Å².